The van der Waals surface area contributed by atoms with Gasteiger partial charge in [0.1, 0.15) is 6.61 Å². The lowest BCUT2D eigenvalue weighted by Crippen LogP contribution is -2.67. The van der Waals surface area contributed by atoms with E-state index < -0.39 is 8.32 Å². The fourth-order valence-electron chi connectivity index (χ4n) is 3.60. The van der Waals surface area contributed by atoms with Gasteiger partial charge in [-0.05, 0) is 15.4 Å². The van der Waals surface area contributed by atoms with E-state index in [2.05, 4.69) is 69.3 Å². The van der Waals surface area contributed by atoms with Crippen molar-refractivity contribution >= 4 is 24.7 Å². The number of hydrogen-bond acceptors (Lipinski definition) is 3. The molecule has 1 aliphatic heterocycles. The summed E-state index contributed by atoms with van der Waals surface area (Å²) >= 11 is 0. The molecule has 3 rings (SSSR count). The van der Waals surface area contributed by atoms with Crippen LogP contribution in [0.5, 0.6) is 0 Å². The third-order valence-corrected chi connectivity index (χ3v) is 9.88. The van der Waals surface area contributed by atoms with Gasteiger partial charge in [-0.25, -0.2) is 4.79 Å². The normalized spacial score (nSPS) is 17.8. The number of rotatable bonds is 5. The Hall–Kier alpha value is -2.17. The molecule has 1 aliphatic rings. The van der Waals surface area contributed by atoms with Crippen LogP contribution in [-0.4, -0.2) is 27.5 Å². The number of ether oxygens (including phenoxy) is 1. The first kappa shape index (κ1) is 18.6. The van der Waals surface area contributed by atoms with Gasteiger partial charge >= 0.3 is 5.97 Å². The summed E-state index contributed by atoms with van der Waals surface area (Å²) in [7, 11) is -2.52. The van der Waals surface area contributed by atoms with Crippen LogP contribution >= 0.6 is 0 Å². The summed E-state index contributed by atoms with van der Waals surface area (Å²) in [5, 5.41) is 2.47. The van der Waals surface area contributed by atoms with Crippen LogP contribution in [0.3, 0.4) is 0 Å². The summed E-state index contributed by atoms with van der Waals surface area (Å²) in [6.45, 7) is 7.70. The van der Waals surface area contributed by atoms with Crippen LogP contribution in [-0.2, 0) is 14.0 Å². The second kappa shape index (κ2) is 7.60. The summed E-state index contributed by atoms with van der Waals surface area (Å²) in [4.78, 5) is 11.3. The molecule has 0 amide bonds. The van der Waals surface area contributed by atoms with Crippen LogP contribution in [0, 0.1) is 5.92 Å². The van der Waals surface area contributed by atoms with Crippen LogP contribution in [0.15, 0.2) is 72.8 Å². The first-order valence-electron chi connectivity index (χ1n) is 9.03. The average Bonchev–Trinajstić information content (AvgIpc) is 2.64. The number of cyclic esters (lactones) is 1. The Kier molecular flexibility index (Phi) is 5.44. The van der Waals surface area contributed by atoms with Crippen molar-refractivity contribution in [1.29, 1.82) is 0 Å². The number of benzene rings is 2. The Morgan fingerprint density at radius 3 is 1.96 bits per heavy atom. The summed E-state index contributed by atoms with van der Waals surface area (Å²) < 4.78 is 12.0. The molecular weight excluding hydrogens is 340 g/mol. The fourth-order valence-corrected chi connectivity index (χ4v) is 8.22. The lowest BCUT2D eigenvalue weighted by atomic mass is 10.1. The minimum atomic E-state index is -2.52. The van der Waals surface area contributed by atoms with E-state index in [-0.39, 0.29) is 16.9 Å². The van der Waals surface area contributed by atoms with E-state index in [9.17, 15) is 4.79 Å². The highest BCUT2D eigenvalue weighted by atomic mass is 28.4. The van der Waals surface area contributed by atoms with E-state index >= 15 is 0 Å². The van der Waals surface area contributed by atoms with E-state index in [0.29, 0.717) is 13.2 Å². The highest BCUT2D eigenvalue weighted by Crippen LogP contribution is 2.37. The molecule has 2 aromatic carbocycles. The van der Waals surface area contributed by atoms with Crippen LogP contribution in [0.1, 0.15) is 20.8 Å². The van der Waals surface area contributed by atoms with Crippen LogP contribution in [0.4, 0.5) is 0 Å². The Labute approximate surface area is 156 Å². The molecule has 1 atom stereocenters. The molecule has 0 aliphatic carbocycles. The van der Waals surface area contributed by atoms with Gasteiger partial charge in [-0.15, -0.1) is 0 Å². The van der Waals surface area contributed by atoms with Crippen molar-refractivity contribution in [3.63, 3.8) is 0 Å². The minimum absolute atomic E-state index is 0.0508. The highest BCUT2D eigenvalue weighted by molar-refractivity contribution is 6.99. The maximum atomic E-state index is 11.3. The van der Waals surface area contributed by atoms with Crippen molar-refractivity contribution in [1.82, 2.24) is 0 Å². The Balaban J connectivity index is 2.03. The second-order valence-corrected chi connectivity index (χ2v) is 12.0. The molecule has 1 heterocycles. The molecule has 0 bridgehead atoms. The average molecular weight is 367 g/mol. The third-order valence-electron chi connectivity index (χ3n) is 4.87. The van der Waals surface area contributed by atoms with Crippen molar-refractivity contribution in [2.45, 2.75) is 25.8 Å². The van der Waals surface area contributed by atoms with E-state index in [1.165, 1.54) is 16.4 Å². The molecule has 0 spiro atoms. The van der Waals surface area contributed by atoms with Gasteiger partial charge in [0.2, 0.25) is 0 Å². The van der Waals surface area contributed by atoms with E-state index in [4.69, 9.17) is 9.16 Å². The summed E-state index contributed by atoms with van der Waals surface area (Å²) in [6, 6.07) is 21.1. The summed E-state index contributed by atoms with van der Waals surface area (Å²) in [5.74, 6) is -0.180. The van der Waals surface area contributed by atoms with Gasteiger partial charge in [0, 0.05) is 18.6 Å². The molecule has 3 nitrogen and oxygen atoms in total. The standard InChI is InChI=1S/C22H26O3Si/c1-22(2,3)26(19-10-6-4-7-11-19,20-12-8-5-9-13-20)25-17-18-14-15-21(23)24-16-18/h4-15,18H,16-17H2,1-3H3/t18-/m1/s1. The largest absolute Gasteiger partial charge is 0.462 e. The first-order chi connectivity index (χ1) is 12.4. The predicted octanol–water partition coefficient (Wildman–Crippen LogP) is 3.29. The van der Waals surface area contributed by atoms with Crippen LogP contribution < -0.4 is 10.4 Å². The Morgan fingerprint density at radius 1 is 1.00 bits per heavy atom. The quantitative estimate of drug-likeness (QED) is 0.602. The highest BCUT2D eigenvalue weighted by Gasteiger charge is 2.50. The van der Waals surface area contributed by atoms with Gasteiger partial charge in [0.25, 0.3) is 8.32 Å². The molecule has 0 N–H and O–H groups in total. The topological polar surface area (TPSA) is 35.5 Å². The number of esters is 1. The molecule has 4 heteroatoms. The molecule has 0 fully saturated rings. The van der Waals surface area contributed by atoms with Crippen molar-refractivity contribution in [2.24, 2.45) is 5.92 Å². The number of carbonyl (C=O) groups is 1. The number of carbonyl (C=O) groups excluding carboxylic acids is 1. The molecular formula is C22H26O3Si. The van der Waals surface area contributed by atoms with Gasteiger partial charge in [-0.2, -0.15) is 0 Å². The maximum Gasteiger partial charge on any atom is 0.330 e. The second-order valence-electron chi connectivity index (χ2n) is 7.72. The predicted molar refractivity (Wildman–Crippen MR) is 107 cm³/mol. The monoisotopic (exact) mass is 366 g/mol. The SMILES string of the molecule is CC(C)(C)[Si](OC[C@@H]1C=CC(=O)OC1)(c1ccccc1)c1ccccc1. The zero-order chi connectivity index (χ0) is 18.6. The van der Waals surface area contributed by atoms with Gasteiger partial charge in [-0.1, -0.05) is 87.5 Å². The summed E-state index contributed by atoms with van der Waals surface area (Å²) in [6.07, 6.45) is 3.41. The zero-order valence-electron chi connectivity index (χ0n) is 15.6. The van der Waals surface area contributed by atoms with Crippen molar-refractivity contribution in [2.75, 3.05) is 13.2 Å². The minimum Gasteiger partial charge on any atom is -0.462 e. The number of hydrogen-bond donors (Lipinski definition) is 0. The molecule has 0 aromatic heterocycles. The van der Waals surface area contributed by atoms with Gasteiger partial charge in [0.15, 0.2) is 0 Å². The van der Waals surface area contributed by atoms with Gasteiger partial charge in [-0.3, -0.25) is 0 Å². The zero-order valence-corrected chi connectivity index (χ0v) is 16.6. The fraction of sp³-hybridized carbons (Fsp3) is 0.318. The maximum absolute atomic E-state index is 11.3. The van der Waals surface area contributed by atoms with Crippen molar-refractivity contribution < 1.29 is 14.0 Å². The third kappa shape index (κ3) is 3.66. The van der Waals surface area contributed by atoms with E-state index in [1.807, 2.05) is 18.2 Å². The molecule has 0 unspecified atom stereocenters. The Morgan fingerprint density at radius 2 is 1.54 bits per heavy atom. The van der Waals surface area contributed by atoms with Crippen molar-refractivity contribution in [3.05, 3.63) is 72.8 Å². The van der Waals surface area contributed by atoms with E-state index in [1.54, 1.807) is 0 Å². The molecule has 26 heavy (non-hydrogen) atoms. The van der Waals surface area contributed by atoms with E-state index in [0.717, 1.165) is 0 Å². The molecule has 0 radical (unpaired) electrons. The summed E-state index contributed by atoms with van der Waals surface area (Å²) in [5.41, 5.74) is 0. The molecule has 2 aromatic rings. The van der Waals surface area contributed by atoms with Crippen LogP contribution in [0.25, 0.3) is 0 Å². The van der Waals surface area contributed by atoms with Crippen molar-refractivity contribution in [3.8, 4) is 0 Å². The van der Waals surface area contributed by atoms with Gasteiger partial charge < -0.3 is 9.16 Å². The van der Waals surface area contributed by atoms with Gasteiger partial charge in [0.05, 0.1) is 0 Å². The smallest absolute Gasteiger partial charge is 0.330 e. The Bertz CT molecular complexity index is 723. The lowest BCUT2D eigenvalue weighted by Gasteiger charge is -2.43. The molecule has 0 saturated carbocycles. The van der Waals surface area contributed by atoms with Crippen LogP contribution in [0.2, 0.25) is 5.04 Å². The first-order valence-corrected chi connectivity index (χ1v) is 10.9. The molecule has 136 valence electrons. The molecule has 0 saturated heterocycles. The lowest BCUT2D eigenvalue weighted by molar-refractivity contribution is -0.140.